The van der Waals surface area contributed by atoms with E-state index in [9.17, 15) is 13.2 Å². The molecule has 6 nitrogen and oxygen atoms in total. The lowest BCUT2D eigenvalue weighted by atomic mass is 10.3. The number of benzene rings is 1. The molecular weight excluding hydrogens is 324 g/mol. The highest BCUT2D eigenvalue weighted by Crippen LogP contribution is 2.28. The molecule has 0 atom stereocenters. The van der Waals surface area contributed by atoms with Crippen molar-refractivity contribution in [1.29, 1.82) is 0 Å². The quantitative estimate of drug-likeness (QED) is 0.528. The minimum Gasteiger partial charge on any atom is -0.382 e. The van der Waals surface area contributed by atoms with Gasteiger partial charge in [0, 0.05) is 31.6 Å². The first-order valence-corrected chi connectivity index (χ1v) is 9.64. The fraction of sp³-hybridized carbons (Fsp3) is 0.500. The second-order valence-electron chi connectivity index (χ2n) is 4.49. The van der Waals surface area contributed by atoms with Crippen LogP contribution in [0.3, 0.4) is 0 Å². The van der Waals surface area contributed by atoms with Crippen LogP contribution >= 0.6 is 11.8 Å². The van der Waals surface area contributed by atoms with Crippen LogP contribution in [0.25, 0.3) is 0 Å². The molecule has 8 heteroatoms. The van der Waals surface area contributed by atoms with Crippen LogP contribution in [0.15, 0.2) is 28.0 Å². The lowest BCUT2D eigenvalue weighted by Crippen LogP contribution is -2.25. The van der Waals surface area contributed by atoms with Crippen LogP contribution in [0.1, 0.15) is 20.3 Å². The van der Waals surface area contributed by atoms with Crippen molar-refractivity contribution in [1.82, 2.24) is 4.72 Å². The molecule has 0 saturated heterocycles. The molecular formula is C14H22N2O4S2. The van der Waals surface area contributed by atoms with Gasteiger partial charge in [0.05, 0.1) is 10.6 Å². The molecule has 0 radical (unpaired) electrons. The number of carbonyl (C=O) groups excluding carboxylic acids is 1. The zero-order valence-electron chi connectivity index (χ0n) is 13.0. The Kier molecular flexibility index (Phi) is 7.88. The van der Waals surface area contributed by atoms with Gasteiger partial charge in [-0.1, -0.05) is 0 Å². The first-order valence-electron chi connectivity index (χ1n) is 6.93. The predicted molar refractivity (Wildman–Crippen MR) is 88.8 cm³/mol. The van der Waals surface area contributed by atoms with Crippen LogP contribution in [0, 0.1) is 0 Å². The zero-order valence-corrected chi connectivity index (χ0v) is 14.6. The van der Waals surface area contributed by atoms with Crippen LogP contribution < -0.4 is 10.0 Å². The van der Waals surface area contributed by atoms with Crippen LogP contribution in [-0.2, 0) is 19.6 Å². The molecule has 0 spiro atoms. The van der Waals surface area contributed by atoms with Gasteiger partial charge >= 0.3 is 0 Å². The van der Waals surface area contributed by atoms with E-state index in [2.05, 4.69) is 10.0 Å². The number of hydrogen-bond acceptors (Lipinski definition) is 5. The van der Waals surface area contributed by atoms with Gasteiger partial charge in [0.25, 0.3) is 0 Å². The van der Waals surface area contributed by atoms with E-state index < -0.39 is 10.0 Å². The Labute approximate surface area is 136 Å². The molecule has 1 rings (SSSR count). The van der Waals surface area contributed by atoms with E-state index in [-0.39, 0.29) is 10.8 Å². The molecule has 0 saturated carbocycles. The molecule has 0 aliphatic heterocycles. The van der Waals surface area contributed by atoms with Crippen LogP contribution in [-0.4, -0.2) is 40.3 Å². The van der Waals surface area contributed by atoms with Crippen LogP contribution in [0.2, 0.25) is 0 Å². The van der Waals surface area contributed by atoms with Gasteiger partial charge in [-0.2, -0.15) is 0 Å². The average molecular weight is 346 g/mol. The van der Waals surface area contributed by atoms with Crippen LogP contribution in [0.5, 0.6) is 0 Å². The molecule has 0 unspecified atom stereocenters. The van der Waals surface area contributed by atoms with Crippen molar-refractivity contribution in [3.05, 3.63) is 18.2 Å². The topological polar surface area (TPSA) is 84.5 Å². The van der Waals surface area contributed by atoms with Crippen molar-refractivity contribution in [2.75, 3.05) is 31.3 Å². The van der Waals surface area contributed by atoms with E-state index in [1.807, 2.05) is 13.2 Å². The van der Waals surface area contributed by atoms with Crippen molar-refractivity contribution in [3.8, 4) is 0 Å². The minimum absolute atomic E-state index is 0.130. The first-order chi connectivity index (χ1) is 10.4. The molecule has 0 aromatic heterocycles. The van der Waals surface area contributed by atoms with Gasteiger partial charge in [0.15, 0.2) is 0 Å². The fourth-order valence-electron chi connectivity index (χ4n) is 1.75. The largest absolute Gasteiger partial charge is 0.382 e. The third-order valence-electron chi connectivity index (χ3n) is 2.75. The van der Waals surface area contributed by atoms with E-state index in [1.165, 1.54) is 30.8 Å². The van der Waals surface area contributed by atoms with Gasteiger partial charge in [-0.05, 0) is 37.8 Å². The average Bonchev–Trinajstić information content (AvgIpc) is 2.46. The van der Waals surface area contributed by atoms with E-state index in [1.54, 1.807) is 6.07 Å². The standard InChI is InChI=1S/C14H22N2O4S2/c1-4-20-9-5-8-15-22(18,19)12-6-7-14(21-3)13(10-12)16-11(2)17/h6-7,10,15H,4-5,8-9H2,1-3H3,(H,16,17). The van der Waals surface area contributed by atoms with E-state index in [0.717, 1.165) is 4.90 Å². The van der Waals surface area contributed by atoms with Gasteiger partial charge in [0.1, 0.15) is 0 Å². The molecule has 0 aliphatic rings. The van der Waals surface area contributed by atoms with Gasteiger partial charge in [-0.3, -0.25) is 4.79 Å². The molecule has 1 amide bonds. The summed E-state index contributed by atoms with van der Waals surface area (Å²) in [6, 6.07) is 4.69. The summed E-state index contributed by atoms with van der Waals surface area (Å²) in [6.07, 6.45) is 2.47. The molecule has 1 aromatic carbocycles. The summed E-state index contributed by atoms with van der Waals surface area (Å²) < 4.78 is 32.1. The second-order valence-corrected chi connectivity index (χ2v) is 7.11. The maximum atomic E-state index is 12.2. The number of hydrogen-bond donors (Lipinski definition) is 2. The number of ether oxygens (including phenoxy) is 1. The molecule has 0 aliphatic carbocycles. The van der Waals surface area contributed by atoms with E-state index >= 15 is 0 Å². The smallest absolute Gasteiger partial charge is 0.240 e. The molecule has 0 heterocycles. The SMILES string of the molecule is CCOCCCNS(=O)(=O)c1ccc(SC)c(NC(C)=O)c1. The van der Waals surface area contributed by atoms with Gasteiger partial charge in [-0.15, -0.1) is 11.8 Å². The van der Waals surface area contributed by atoms with Gasteiger partial charge in [0.2, 0.25) is 15.9 Å². The molecule has 22 heavy (non-hydrogen) atoms. The van der Waals surface area contributed by atoms with Crippen molar-refractivity contribution in [3.63, 3.8) is 0 Å². The zero-order chi connectivity index (χ0) is 16.6. The third kappa shape index (κ3) is 5.96. The Morgan fingerprint density at radius 1 is 1.36 bits per heavy atom. The minimum atomic E-state index is -3.60. The Hall–Kier alpha value is -1.09. The van der Waals surface area contributed by atoms with E-state index in [4.69, 9.17) is 4.74 Å². The Bertz CT molecular complexity index is 603. The Balaban J connectivity index is 2.83. The Morgan fingerprint density at radius 3 is 2.68 bits per heavy atom. The summed E-state index contributed by atoms with van der Waals surface area (Å²) in [5, 5.41) is 2.65. The number of nitrogens with one attached hydrogen (secondary N) is 2. The number of anilines is 1. The molecule has 0 bridgehead atoms. The highest BCUT2D eigenvalue weighted by Gasteiger charge is 2.16. The van der Waals surface area contributed by atoms with Crippen LogP contribution in [0.4, 0.5) is 5.69 Å². The number of thioether (sulfide) groups is 1. The second kappa shape index (κ2) is 9.14. The summed E-state index contributed by atoms with van der Waals surface area (Å²) in [7, 11) is -3.60. The molecule has 124 valence electrons. The van der Waals surface area contributed by atoms with Crippen molar-refractivity contribution in [2.45, 2.75) is 30.1 Å². The van der Waals surface area contributed by atoms with E-state index in [0.29, 0.717) is 31.9 Å². The maximum Gasteiger partial charge on any atom is 0.240 e. The fourth-order valence-corrected chi connectivity index (χ4v) is 3.38. The lowest BCUT2D eigenvalue weighted by Gasteiger charge is -2.12. The number of carbonyl (C=O) groups is 1. The maximum absolute atomic E-state index is 12.2. The number of sulfonamides is 1. The van der Waals surface area contributed by atoms with Gasteiger partial charge in [-0.25, -0.2) is 13.1 Å². The van der Waals surface area contributed by atoms with Gasteiger partial charge < -0.3 is 10.1 Å². The monoisotopic (exact) mass is 346 g/mol. The van der Waals surface area contributed by atoms with Crippen molar-refractivity contribution < 1.29 is 17.9 Å². The third-order valence-corrected chi connectivity index (χ3v) is 5.01. The van der Waals surface area contributed by atoms with Crippen molar-refractivity contribution >= 4 is 33.4 Å². The molecule has 1 aromatic rings. The number of amides is 1. The summed E-state index contributed by atoms with van der Waals surface area (Å²) >= 11 is 1.44. The highest BCUT2D eigenvalue weighted by molar-refractivity contribution is 7.98. The molecule has 2 N–H and O–H groups in total. The lowest BCUT2D eigenvalue weighted by molar-refractivity contribution is -0.114. The predicted octanol–water partition coefficient (Wildman–Crippen LogP) is 2.07. The normalized spacial score (nSPS) is 11.4. The van der Waals surface area contributed by atoms with Crippen molar-refractivity contribution in [2.24, 2.45) is 0 Å². The summed E-state index contributed by atoms with van der Waals surface area (Å²) in [6.45, 7) is 4.71. The summed E-state index contributed by atoms with van der Waals surface area (Å²) in [4.78, 5) is 12.2. The highest BCUT2D eigenvalue weighted by atomic mass is 32.2. The summed E-state index contributed by atoms with van der Waals surface area (Å²) in [5.41, 5.74) is 0.497. The number of rotatable bonds is 9. The first kappa shape index (κ1) is 19.0. The molecule has 0 fully saturated rings. The summed E-state index contributed by atoms with van der Waals surface area (Å²) in [5.74, 6) is -0.241. The Morgan fingerprint density at radius 2 is 2.09 bits per heavy atom.